The summed E-state index contributed by atoms with van der Waals surface area (Å²) < 4.78 is 0. The predicted molar refractivity (Wildman–Crippen MR) is 62.5 cm³/mol. The van der Waals surface area contributed by atoms with Crippen LogP contribution >= 0.6 is 0 Å². The van der Waals surface area contributed by atoms with Crippen LogP contribution in [0.25, 0.3) is 6.08 Å². The average molecular weight is 202 g/mol. The summed E-state index contributed by atoms with van der Waals surface area (Å²) in [5.41, 5.74) is 5.27. The topological polar surface area (TPSA) is 25.8 Å². The van der Waals surface area contributed by atoms with Crippen molar-refractivity contribution >= 4 is 6.08 Å². The molecule has 15 heavy (non-hydrogen) atoms. The highest BCUT2D eigenvalue weighted by atomic mass is 14.8. The first-order valence-electron chi connectivity index (χ1n) is 5.46. The number of aromatic nitrogens is 2. The van der Waals surface area contributed by atoms with E-state index in [2.05, 4.69) is 43.7 Å². The van der Waals surface area contributed by atoms with Gasteiger partial charge in [-0.1, -0.05) is 25.5 Å². The summed E-state index contributed by atoms with van der Waals surface area (Å²) in [5, 5.41) is 0. The number of fused-ring (bicyclic) bond motifs is 1. The fourth-order valence-corrected chi connectivity index (χ4v) is 2.43. The summed E-state index contributed by atoms with van der Waals surface area (Å²) in [4.78, 5) is 8.68. The Bertz CT molecular complexity index is 417. The highest BCUT2D eigenvalue weighted by molar-refractivity contribution is 5.58. The lowest BCUT2D eigenvalue weighted by Crippen LogP contribution is -2.15. The lowest BCUT2D eigenvalue weighted by Gasteiger charge is -2.22. The van der Waals surface area contributed by atoms with E-state index in [1.54, 1.807) is 6.33 Å². The van der Waals surface area contributed by atoms with Gasteiger partial charge in [0.05, 0.1) is 5.69 Å². The monoisotopic (exact) mass is 202 g/mol. The molecule has 0 amide bonds. The maximum absolute atomic E-state index is 4.41. The number of nitrogens with zero attached hydrogens (tertiary/aromatic N) is 2. The first kappa shape index (κ1) is 10.3. The van der Waals surface area contributed by atoms with Gasteiger partial charge in [-0.05, 0) is 32.1 Å². The minimum Gasteiger partial charge on any atom is -0.241 e. The molecule has 0 fully saturated rings. The van der Waals surface area contributed by atoms with Gasteiger partial charge in [-0.15, -0.1) is 0 Å². The molecule has 1 aliphatic carbocycles. The first-order chi connectivity index (χ1) is 6.98. The van der Waals surface area contributed by atoms with Crippen LogP contribution in [-0.4, -0.2) is 9.97 Å². The fourth-order valence-electron chi connectivity index (χ4n) is 2.43. The van der Waals surface area contributed by atoms with E-state index >= 15 is 0 Å². The van der Waals surface area contributed by atoms with Crippen LogP contribution in [0.4, 0.5) is 0 Å². The maximum atomic E-state index is 4.41. The quantitative estimate of drug-likeness (QED) is 0.646. The van der Waals surface area contributed by atoms with Crippen molar-refractivity contribution in [3.63, 3.8) is 0 Å². The molecule has 2 heteroatoms. The Kier molecular flexibility index (Phi) is 2.37. The molecule has 0 saturated carbocycles. The third-order valence-electron chi connectivity index (χ3n) is 2.96. The highest BCUT2D eigenvalue weighted by Crippen LogP contribution is 2.34. The summed E-state index contributed by atoms with van der Waals surface area (Å²) in [6.45, 7) is 8.86. The minimum absolute atomic E-state index is 0.312. The molecule has 0 radical (unpaired) electrons. The summed E-state index contributed by atoms with van der Waals surface area (Å²) in [5.74, 6) is 0. The van der Waals surface area contributed by atoms with E-state index in [0.717, 1.165) is 18.5 Å². The van der Waals surface area contributed by atoms with E-state index in [0.29, 0.717) is 5.41 Å². The van der Waals surface area contributed by atoms with Crippen LogP contribution in [0.5, 0.6) is 0 Å². The van der Waals surface area contributed by atoms with E-state index in [4.69, 9.17) is 0 Å². The third kappa shape index (κ3) is 2.09. The third-order valence-corrected chi connectivity index (χ3v) is 2.96. The lowest BCUT2D eigenvalue weighted by molar-refractivity contribution is 0.359. The van der Waals surface area contributed by atoms with Gasteiger partial charge in [-0.3, -0.25) is 0 Å². The van der Waals surface area contributed by atoms with Crippen LogP contribution in [0.2, 0.25) is 0 Å². The average Bonchev–Trinajstić information content (AvgIpc) is 2.20. The van der Waals surface area contributed by atoms with Gasteiger partial charge in [0, 0.05) is 11.3 Å². The number of hydrogen-bond donors (Lipinski definition) is 0. The van der Waals surface area contributed by atoms with E-state index < -0.39 is 0 Å². The summed E-state index contributed by atoms with van der Waals surface area (Å²) in [7, 11) is 0. The van der Waals surface area contributed by atoms with Crippen molar-refractivity contribution in [2.45, 2.75) is 40.5 Å². The summed E-state index contributed by atoms with van der Waals surface area (Å²) in [6.07, 6.45) is 6.11. The van der Waals surface area contributed by atoms with E-state index in [-0.39, 0.29) is 0 Å². The Labute approximate surface area is 91.5 Å². The van der Waals surface area contributed by atoms with Crippen molar-refractivity contribution in [2.24, 2.45) is 5.41 Å². The summed E-state index contributed by atoms with van der Waals surface area (Å²) in [6, 6.07) is 0. The Morgan fingerprint density at radius 2 is 1.87 bits per heavy atom. The zero-order chi connectivity index (χ0) is 11.1. The Balaban J connectivity index is 2.57. The zero-order valence-electron chi connectivity index (χ0n) is 9.96. The highest BCUT2D eigenvalue weighted by Gasteiger charge is 2.24. The second-order valence-electron chi connectivity index (χ2n) is 5.33. The van der Waals surface area contributed by atoms with Gasteiger partial charge in [0.2, 0.25) is 0 Å². The van der Waals surface area contributed by atoms with Crippen LogP contribution < -0.4 is 0 Å². The lowest BCUT2D eigenvalue weighted by atomic mass is 9.83. The van der Waals surface area contributed by atoms with Gasteiger partial charge in [0.1, 0.15) is 6.33 Å². The molecule has 1 aliphatic rings. The number of allylic oxidation sites excluding steroid dienone is 1. The molecule has 0 spiro atoms. The van der Waals surface area contributed by atoms with Gasteiger partial charge in [0.15, 0.2) is 0 Å². The van der Waals surface area contributed by atoms with Crippen molar-refractivity contribution in [1.82, 2.24) is 9.97 Å². The molecule has 2 nitrogen and oxygen atoms in total. The molecule has 0 aliphatic heterocycles. The van der Waals surface area contributed by atoms with E-state index in [1.165, 1.54) is 16.8 Å². The molecule has 0 aromatic carbocycles. The van der Waals surface area contributed by atoms with E-state index in [1.807, 2.05) is 0 Å². The Hall–Kier alpha value is -1.18. The van der Waals surface area contributed by atoms with Gasteiger partial charge >= 0.3 is 0 Å². The minimum atomic E-state index is 0.312. The molecule has 0 N–H and O–H groups in total. The second-order valence-corrected chi connectivity index (χ2v) is 5.33. The number of aryl methyl sites for hydroxylation is 1. The first-order valence-corrected chi connectivity index (χ1v) is 5.46. The van der Waals surface area contributed by atoms with Gasteiger partial charge < -0.3 is 0 Å². The van der Waals surface area contributed by atoms with Crippen molar-refractivity contribution in [3.05, 3.63) is 28.9 Å². The number of hydrogen-bond acceptors (Lipinski definition) is 2. The SMILES string of the molecule is CC1=Cc2c(C)ncnc2CC(C)(C)C1. The van der Waals surface area contributed by atoms with Crippen LogP contribution in [0.15, 0.2) is 11.9 Å². The van der Waals surface area contributed by atoms with Crippen molar-refractivity contribution in [1.29, 1.82) is 0 Å². The van der Waals surface area contributed by atoms with Crippen molar-refractivity contribution < 1.29 is 0 Å². The smallest absolute Gasteiger partial charge is 0.115 e. The van der Waals surface area contributed by atoms with Crippen LogP contribution in [0.3, 0.4) is 0 Å². The molecule has 1 aromatic rings. The van der Waals surface area contributed by atoms with Crippen LogP contribution in [0.1, 0.15) is 44.1 Å². The normalized spacial score (nSPS) is 19.1. The van der Waals surface area contributed by atoms with Gasteiger partial charge in [-0.2, -0.15) is 0 Å². The second kappa shape index (κ2) is 3.44. The van der Waals surface area contributed by atoms with Gasteiger partial charge in [0.25, 0.3) is 0 Å². The molecule has 1 aromatic heterocycles. The molecule has 0 saturated heterocycles. The molecule has 0 bridgehead atoms. The van der Waals surface area contributed by atoms with Crippen LogP contribution in [-0.2, 0) is 6.42 Å². The number of rotatable bonds is 0. The van der Waals surface area contributed by atoms with E-state index in [9.17, 15) is 0 Å². The standard InChI is InChI=1S/C13H18N2/c1-9-5-11-10(2)14-8-15-12(11)7-13(3,4)6-9/h5,8H,6-7H2,1-4H3. The van der Waals surface area contributed by atoms with Crippen molar-refractivity contribution in [3.8, 4) is 0 Å². The molecule has 1 heterocycles. The Morgan fingerprint density at radius 3 is 2.60 bits per heavy atom. The summed E-state index contributed by atoms with van der Waals surface area (Å²) >= 11 is 0. The van der Waals surface area contributed by atoms with Gasteiger partial charge in [-0.25, -0.2) is 9.97 Å². The molecule has 0 unspecified atom stereocenters. The van der Waals surface area contributed by atoms with Crippen molar-refractivity contribution in [2.75, 3.05) is 0 Å². The predicted octanol–water partition coefficient (Wildman–Crippen LogP) is 3.16. The molecular weight excluding hydrogens is 184 g/mol. The maximum Gasteiger partial charge on any atom is 0.115 e. The fraction of sp³-hybridized carbons (Fsp3) is 0.538. The molecular formula is C13H18N2. The molecule has 80 valence electrons. The molecule has 2 rings (SSSR count). The largest absolute Gasteiger partial charge is 0.241 e. The molecule has 0 atom stereocenters. The van der Waals surface area contributed by atoms with Crippen LogP contribution in [0, 0.1) is 12.3 Å². The zero-order valence-corrected chi connectivity index (χ0v) is 9.96. The Morgan fingerprint density at radius 1 is 1.13 bits per heavy atom.